The van der Waals surface area contributed by atoms with Gasteiger partial charge < -0.3 is 9.64 Å². The number of amides is 1. The first-order chi connectivity index (χ1) is 8.45. The highest BCUT2D eigenvalue weighted by Crippen LogP contribution is 2.17. The van der Waals surface area contributed by atoms with Gasteiger partial charge in [-0.1, -0.05) is 27.5 Å². The van der Waals surface area contributed by atoms with E-state index < -0.39 is 5.82 Å². The highest BCUT2D eigenvalue weighted by Gasteiger charge is 2.16. The van der Waals surface area contributed by atoms with E-state index in [1.165, 1.54) is 17.0 Å². The molecule has 1 unspecified atom stereocenters. The predicted molar refractivity (Wildman–Crippen MR) is 73.0 cm³/mol. The number of rotatable bonds is 5. The number of ether oxygens (including phenoxy) is 1. The molecule has 0 aliphatic rings. The topological polar surface area (TPSA) is 29.5 Å². The van der Waals surface area contributed by atoms with Gasteiger partial charge in [-0.05, 0) is 18.2 Å². The van der Waals surface area contributed by atoms with Gasteiger partial charge in [0.2, 0.25) is 0 Å². The predicted octanol–water partition coefficient (Wildman–Crippen LogP) is 2.96. The lowest BCUT2D eigenvalue weighted by molar-refractivity contribution is 0.0783. The maximum atomic E-state index is 13.3. The van der Waals surface area contributed by atoms with E-state index in [1.807, 2.05) is 0 Å². The van der Waals surface area contributed by atoms with Crippen molar-refractivity contribution >= 4 is 33.4 Å². The lowest BCUT2D eigenvalue weighted by atomic mass is 10.2. The number of methoxy groups -OCH3 is 1. The van der Waals surface area contributed by atoms with Crippen molar-refractivity contribution in [3.63, 3.8) is 0 Å². The van der Waals surface area contributed by atoms with Gasteiger partial charge in [-0.2, -0.15) is 0 Å². The van der Waals surface area contributed by atoms with Crippen molar-refractivity contribution in [1.29, 1.82) is 0 Å². The van der Waals surface area contributed by atoms with Crippen LogP contribution in [0.15, 0.2) is 18.2 Å². The molecule has 0 N–H and O–H groups in total. The Morgan fingerprint density at radius 3 is 2.83 bits per heavy atom. The Kier molecular flexibility index (Phi) is 6.05. The maximum Gasteiger partial charge on any atom is 0.253 e. The zero-order valence-electron chi connectivity index (χ0n) is 10.1. The largest absolute Gasteiger partial charge is 0.383 e. The Morgan fingerprint density at radius 2 is 2.28 bits per heavy atom. The van der Waals surface area contributed by atoms with Crippen molar-refractivity contribution in [3.8, 4) is 0 Å². The summed E-state index contributed by atoms with van der Waals surface area (Å²) in [5.41, 5.74) is 0.275. The summed E-state index contributed by atoms with van der Waals surface area (Å²) >= 11 is 8.96. The van der Waals surface area contributed by atoms with Crippen LogP contribution >= 0.6 is 27.5 Å². The van der Waals surface area contributed by atoms with Gasteiger partial charge in [-0.15, -0.1) is 0 Å². The molecule has 0 aliphatic heterocycles. The minimum absolute atomic E-state index is 0.00644. The molecule has 0 fully saturated rings. The number of hydrogen-bond acceptors (Lipinski definition) is 2. The Balaban J connectivity index is 2.71. The molecule has 0 spiro atoms. The third-order valence-corrected chi connectivity index (χ3v) is 3.19. The van der Waals surface area contributed by atoms with Crippen LogP contribution in [0.4, 0.5) is 4.39 Å². The molecule has 0 radical (unpaired) electrons. The molecule has 1 rings (SSSR count). The van der Waals surface area contributed by atoms with E-state index in [9.17, 15) is 9.18 Å². The first-order valence-corrected chi connectivity index (χ1v) is 6.58. The molecule has 0 aromatic heterocycles. The van der Waals surface area contributed by atoms with Crippen molar-refractivity contribution in [2.75, 3.05) is 27.3 Å². The van der Waals surface area contributed by atoms with Crippen molar-refractivity contribution in [2.45, 2.75) is 4.83 Å². The van der Waals surface area contributed by atoms with Crippen LogP contribution in [0.2, 0.25) is 5.02 Å². The van der Waals surface area contributed by atoms with Crippen LogP contribution in [0.5, 0.6) is 0 Å². The van der Waals surface area contributed by atoms with Crippen LogP contribution in [-0.2, 0) is 4.74 Å². The smallest absolute Gasteiger partial charge is 0.253 e. The fraction of sp³-hybridized carbons (Fsp3) is 0.417. The van der Waals surface area contributed by atoms with Gasteiger partial charge in [0.05, 0.1) is 16.5 Å². The van der Waals surface area contributed by atoms with Crippen LogP contribution in [-0.4, -0.2) is 42.9 Å². The van der Waals surface area contributed by atoms with Crippen LogP contribution in [0.3, 0.4) is 0 Å². The van der Waals surface area contributed by atoms with Gasteiger partial charge in [0.1, 0.15) is 5.82 Å². The molecule has 0 bridgehead atoms. The number of carbonyl (C=O) groups excluding carboxylic acids is 1. The minimum Gasteiger partial charge on any atom is -0.383 e. The summed E-state index contributed by atoms with van der Waals surface area (Å²) in [5, 5.41) is 0.00644. The van der Waals surface area contributed by atoms with Crippen molar-refractivity contribution < 1.29 is 13.9 Å². The summed E-state index contributed by atoms with van der Waals surface area (Å²) in [7, 11) is 3.24. The van der Waals surface area contributed by atoms with Gasteiger partial charge in [-0.25, -0.2) is 4.39 Å². The summed E-state index contributed by atoms with van der Waals surface area (Å²) < 4.78 is 18.2. The van der Waals surface area contributed by atoms with E-state index >= 15 is 0 Å². The molecule has 6 heteroatoms. The third kappa shape index (κ3) is 4.23. The number of hydrogen-bond donors (Lipinski definition) is 0. The standard InChI is InChI=1S/C12H14BrClFNO2/c1-16(6-9(13)7-18-2)12(17)8-3-4-10(14)11(15)5-8/h3-5,9H,6-7H2,1-2H3. The third-order valence-electron chi connectivity index (χ3n) is 2.33. The number of nitrogens with zero attached hydrogens (tertiary/aromatic N) is 1. The Morgan fingerprint density at radius 1 is 1.61 bits per heavy atom. The number of carbonyl (C=O) groups is 1. The molecule has 0 aliphatic carbocycles. The van der Waals surface area contributed by atoms with Crippen LogP contribution in [0.1, 0.15) is 10.4 Å². The molecular weight excluding hydrogens is 324 g/mol. The van der Waals surface area contributed by atoms with E-state index in [4.69, 9.17) is 16.3 Å². The molecule has 1 amide bonds. The van der Waals surface area contributed by atoms with Gasteiger partial charge in [0, 0.05) is 26.3 Å². The van der Waals surface area contributed by atoms with E-state index in [0.29, 0.717) is 13.2 Å². The fourth-order valence-electron chi connectivity index (χ4n) is 1.46. The van der Waals surface area contributed by atoms with E-state index in [1.54, 1.807) is 14.2 Å². The van der Waals surface area contributed by atoms with E-state index in [2.05, 4.69) is 15.9 Å². The van der Waals surface area contributed by atoms with Gasteiger partial charge in [-0.3, -0.25) is 4.79 Å². The van der Waals surface area contributed by atoms with Crippen LogP contribution in [0.25, 0.3) is 0 Å². The number of benzene rings is 1. The Bertz CT molecular complexity index is 431. The summed E-state index contributed by atoms with van der Waals surface area (Å²) in [5.74, 6) is -0.852. The zero-order valence-corrected chi connectivity index (χ0v) is 12.5. The molecule has 0 saturated heterocycles. The van der Waals surface area contributed by atoms with E-state index in [-0.39, 0.29) is 21.3 Å². The fourth-order valence-corrected chi connectivity index (χ4v) is 2.28. The monoisotopic (exact) mass is 337 g/mol. The molecule has 1 atom stereocenters. The minimum atomic E-state index is -0.594. The Hall–Kier alpha value is -0.650. The second kappa shape index (κ2) is 7.07. The van der Waals surface area contributed by atoms with Crippen molar-refractivity contribution in [1.82, 2.24) is 4.90 Å². The lowest BCUT2D eigenvalue weighted by Crippen LogP contribution is -2.33. The molecule has 0 saturated carbocycles. The van der Waals surface area contributed by atoms with Crippen LogP contribution in [0, 0.1) is 5.82 Å². The summed E-state index contributed by atoms with van der Waals surface area (Å²) in [4.78, 5) is 13.5. The molecule has 18 heavy (non-hydrogen) atoms. The van der Waals surface area contributed by atoms with Gasteiger partial charge in [0.25, 0.3) is 5.91 Å². The maximum absolute atomic E-state index is 13.3. The summed E-state index contributed by atoms with van der Waals surface area (Å²) in [6.45, 7) is 0.962. The second-order valence-electron chi connectivity index (χ2n) is 3.87. The first kappa shape index (κ1) is 15.4. The molecule has 100 valence electrons. The zero-order chi connectivity index (χ0) is 13.7. The van der Waals surface area contributed by atoms with Gasteiger partial charge >= 0.3 is 0 Å². The van der Waals surface area contributed by atoms with Gasteiger partial charge in [0.15, 0.2) is 0 Å². The average Bonchev–Trinajstić information content (AvgIpc) is 2.32. The van der Waals surface area contributed by atoms with Crippen LogP contribution < -0.4 is 0 Å². The normalized spacial score (nSPS) is 12.3. The average molecular weight is 339 g/mol. The molecule has 0 heterocycles. The van der Waals surface area contributed by atoms with Crippen molar-refractivity contribution in [2.24, 2.45) is 0 Å². The van der Waals surface area contributed by atoms with Crippen molar-refractivity contribution in [3.05, 3.63) is 34.6 Å². The molecular formula is C12H14BrClFNO2. The SMILES string of the molecule is COCC(Br)CN(C)C(=O)c1ccc(Cl)c(F)c1. The number of halogens is 3. The van der Waals surface area contributed by atoms with E-state index in [0.717, 1.165) is 6.07 Å². The second-order valence-corrected chi connectivity index (χ2v) is 5.57. The quantitative estimate of drug-likeness (QED) is 0.773. The highest BCUT2D eigenvalue weighted by molar-refractivity contribution is 9.09. The molecule has 1 aromatic rings. The summed E-state index contributed by atoms with van der Waals surface area (Å²) in [6.07, 6.45) is 0. The highest BCUT2D eigenvalue weighted by atomic mass is 79.9. The number of alkyl halides is 1. The summed E-state index contributed by atoms with van der Waals surface area (Å²) in [6, 6.07) is 4.02. The Labute approximate surface area is 119 Å². The molecule has 3 nitrogen and oxygen atoms in total. The first-order valence-electron chi connectivity index (χ1n) is 5.29. The lowest BCUT2D eigenvalue weighted by Gasteiger charge is -2.20. The molecule has 1 aromatic carbocycles.